The number of rotatable bonds is 9. The minimum Gasteiger partial charge on any atom is -0.497 e. The van der Waals surface area contributed by atoms with Crippen LogP contribution < -0.4 is 19.5 Å². The van der Waals surface area contributed by atoms with Crippen molar-refractivity contribution in [2.24, 2.45) is 0 Å². The van der Waals surface area contributed by atoms with E-state index in [9.17, 15) is 18.4 Å². The molecule has 3 aromatic carbocycles. The standard InChI is InChI=1S/C23H18ClF2NO5/c1-30-16-8-9-17(22(29)14-5-3-2-4-6-14)20(12-16)31-13-21(28)27-15-7-10-19(18(24)11-15)32-23(25)26/h2-12,23H,13H2,1H3,(H,27,28). The summed E-state index contributed by atoms with van der Waals surface area (Å²) in [5.74, 6) is -0.413. The molecule has 0 saturated carbocycles. The second-order valence-electron chi connectivity index (χ2n) is 6.42. The van der Waals surface area contributed by atoms with Crippen LogP contribution in [0, 0.1) is 0 Å². The van der Waals surface area contributed by atoms with Crippen LogP contribution >= 0.6 is 11.6 Å². The van der Waals surface area contributed by atoms with Gasteiger partial charge in [-0.3, -0.25) is 9.59 Å². The Bertz CT molecular complexity index is 1110. The molecule has 0 fully saturated rings. The molecule has 0 bridgehead atoms. The summed E-state index contributed by atoms with van der Waals surface area (Å²) in [5, 5.41) is 2.44. The van der Waals surface area contributed by atoms with Gasteiger partial charge in [-0.25, -0.2) is 0 Å². The molecule has 0 aliphatic carbocycles. The number of anilines is 1. The molecule has 0 aromatic heterocycles. The number of ketones is 1. The van der Waals surface area contributed by atoms with Gasteiger partial charge in [0.25, 0.3) is 5.91 Å². The zero-order valence-corrected chi connectivity index (χ0v) is 17.6. The molecule has 9 heteroatoms. The van der Waals surface area contributed by atoms with Gasteiger partial charge in [0.05, 0.1) is 17.7 Å². The van der Waals surface area contributed by atoms with Gasteiger partial charge in [-0.1, -0.05) is 41.9 Å². The first-order valence-corrected chi connectivity index (χ1v) is 9.70. The summed E-state index contributed by atoms with van der Waals surface area (Å²) in [6.07, 6.45) is 0. The molecule has 6 nitrogen and oxygen atoms in total. The van der Waals surface area contributed by atoms with Crippen molar-refractivity contribution in [2.75, 3.05) is 19.0 Å². The minimum atomic E-state index is -3.02. The minimum absolute atomic E-state index is 0.0902. The number of methoxy groups -OCH3 is 1. The highest BCUT2D eigenvalue weighted by molar-refractivity contribution is 6.32. The van der Waals surface area contributed by atoms with E-state index in [1.807, 2.05) is 0 Å². The molecule has 0 radical (unpaired) electrons. The number of nitrogens with one attached hydrogen (secondary N) is 1. The fourth-order valence-corrected chi connectivity index (χ4v) is 3.02. The van der Waals surface area contributed by atoms with Crippen molar-refractivity contribution < 1.29 is 32.6 Å². The maximum atomic E-state index is 12.8. The average Bonchev–Trinajstić information content (AvgIpc) is 2.79. The molecule has 32 heavy (non-hydrogen) atoms. The quantitative estimate of drug-likeness (QED) is 0.443. The van der Waals surface area contributed by atoms with Crippen molar-refractivity contribution in [2.45, 2.75) is 6.61 Å². The van der Waals surface area contributed by atoms with E-state index in [0.29, 0.717) is 11.3 Å². The summed E-state index contributed by atoms with van der Waals surface area (Å²) < 4.78 is 39.7. The van der Waals surface area contributed by atoms with E-state index in [-0.39, 0.29) is 33.6 Å². The van der Waals surface area contributed by atoms with Gasteiger partial charge in [0.15, 0.2) is 12.4 Å². The van der Waals surface area contributed by atoms with Gasteiger partial charge in [0, 0.05) is 17.3 Å². The number of halogens is 3. The summed E-state index contributed by atoms with van der Waals surface area (Å²) in [6.45, 7) is -3.44. The molecule has 0 saturated heterocycles. The number of carbonyl (C=O) groups excluding carboxylic acids is 2. The van der Waals surface area contributed by atoms with E-state index in [1.165, 1.54) is 31.4 Å². The van der Waals surface area contributed by atoms with Gasteiger partial charge >= 0.3 is 6.61 Å². The Kier molecular flexibility index (Phi) is 7.62. The lowest BCUT2D eigenvalue weighted by Gasteiger charge is -2.13. The van der Waals surface area contributed by atoms with Crippen LogP contribution in [0.25, 0.3) is 0 Å². The number of hydrogen-bond donors (Lipinski definition) is 1. The average molecular weight is 462 g/mol. The third-order valence-electron chi connectivity index (χ3n) is 4.26. The zero-order valence-electron chi connectivity index (χ0n) is 16.8. The van der Waals surface area contributed by atoms with Crippen LogP contribution in [0.4, 0.5) is 14.5 Å². The van der Waals surface area contributed by atoms with E-state index >= 15 is 0 Å². The Morgan fingerprint density at radius 1 is 1.00 bits per heavy atom. The molecule has 1 amide bonds. The lowest BCUT2D eigenvalue weighted by molar-refractivity contribution is -0.118. The van der Waals surface area contributed by atoms with Gasteiger partial charge < -0.3 is 19.5 Å². The molecule has 0 spiro atoms. The molecule has 1 N–H and O–H groups in total. The monoisotopic (exact) mass is 461 g/mol. The second kappa shape index (κ2) is 10.6. The van der Waals surface area contributed by atoms with Gasteiger partial charge in [-0.15, -0.1) is 0 Å². The fourth-order valence-electron chi connectivity index (χ4n) is 2.79. The van der Waals surface area contributed by atoms with Crippen LogP contribution in [-0.4, -0.2) is 32.0 Å². The van der Waals surface area contributed by atoms with Gasteiger partial charge in [-0.05, 0) is 30.3 Å². The van der Waals surface area contributed by atoms with Crippen LogP contribution in [0.1, 0.15) is 15.9 Å². The first-order chi connectivity index (χ1) is 15.4. The molecule has 3 aromatic rings. The summed E-state index contributed by atoms with van der Waals surface area (Å²) >= 11 is 5.88. The molecular formula is C23H18ClF2NO5. The van der Waals surface area contributed by atoms with Crippen LogP contribution in [0.2, 0.25) is 5.02 Å². The first-order valence-electron chi connectivity index (χ1n) is 9.32. The number of ether oxygens (including phenoxy) is 3. The molecule has 0 unspecified atom stereocenters. The second-order valence-corrected chi connectivity index (χ2v) is 6.82. The van der Waals surface area contributed by atoms with E-state index in [0.717, 1.165) is 0 Å². The van der Waals surface area contributed by atoms with Crippen molar-refractivity contribution >= 4 is 29.0 Å². The predicted octanol–water partition coefficient (Wildman–Crippen LogP) is 5.20. The van der Waals surface area contributed by atoms with Gasteiger partial charge in [0.2, 0.25) is 0 Å². The summed E-state index contributed by atoms with van der Waals surface area (Å²) in [5.41, 5.74) is 0.991. The summed E-state index contributed by atoms with van der Waals surface area (Å²) in [4.78, 5) is 25.2. The van der Waals surface area contributed by atoms with Crippen molar-refractivity contribution in [1.29, 1.82) is 0 Å². The van der Waals surface area contributed by atoms with Crippen LogP contribution in [0.5, 0.6) is 17.2 Å². The smallest absolute Gasteiger partial charge is 0.387 e. The Morgan fingerprint density at radius 2 is 1.75 bits per heavy atom. The third-order valence-corrected chi connectivity index (χ3v) is 4.56. The molecular weight excluding hydrogens is 444 g/mol. The number of hydrogen-bond acceptors (Lipinski definition) is 5. The number of benzene rings is 3. The lowest BCUT2D eigenvalue weighted by Crippen LogP contribution is -2.21. The highest BCUT2D eigenvalue weighted by atomic mass is 35.5. The predicted molar refractivity (Wildman–Crippen MR) is 115 cm³/mol. The Hall–Kier alpha value is -3.65. The molecule has 0 aliphatic rings. The van der Waals surface area contributed by atoms with Gasteiger partial charge in [-0.2, -0.15) is 8.78 Å². The number of carbonyl (C=O) groups is 2. The zero-order chi connectivity index (χ0) is 23.1. The number of amides is 1. The topological polar surface area (TPSA) is 73.9 Å². The van der Waals surface area contributed by atoms with Crippen molar-refractivity contribution in [1.82, 2.24) is 0 Å². The largest absolute Gasteiger partial charge is 0.497 e. The lowest BCUT2D eigenvalue weighted by atomic mass is 10.0. The number of alkyl halides is 2. The van der Waals surface area contributed by atoms with E-state index in [4.69, 9.17) is 21.1 Å². The van der Waals surface area contributed by atoms with E-state index in [2.05, 4.69) is 10.1 Å². The van der Waals surface area contributed by atoms with Crippen LogP contribution in [0.3, 0.4) is 0 Å². The highest BCUT2D eigenvalue weighted by Crippen LogP contribution is 2.29. The third kappa shape index (κ3) is 5.95. The van der Waals surface area contributed by atoms with Crippen molar-refractivity contribution in [3.8, 4) is 17.2 Å². The Morgan fingerprint density at radius 3 is 2.41 bits per heavy atom. The van der Waals surface area contributed by atoms with Gasteiger partial charge in [0.1, 0.15) is 17.2 Å². The highest BCUT2D eigenvalue weighted by Gasteiger charge is 2.17. The normalized spacial score (nSPS) is 10.5. The Balaban J connectivity index is 1.71. The fraction of sp³-hybridized carbons (Fsp3) is 0.130. The molecule has 166 valence electrons. The van der Waals surface area contributed by atoms with Crippen molar-refractivity contribution in [3.63, 3.8) is 0 Å². The first kappa shape index (κ1) is 23.0. The van der Waals surface area contributed by atoms with E-state index < -0.39 is 19.1 Å². The van der Waals surface area contributed by atoms with Crippen molar-refractivity contribution in [3.05, 3.63) is 82.9 Å². The molecule has 3 rings (SSSR count). The van der Waals surface area contributed by atoms with Crippen LogP contribution in [-0.2, 0) is 4.79 Å². The molecule has 0 atom stereocenters. The SMILES string of the molecule is COc1ccc(C(=O)c2ccccc2)c(OCC(=O)Nc2ccc(OC(F)F)c(Cl)c2)c1. The summed E-state index contributed by atoms with van der Waals surface area (Å²) in [7, 11) is 1.47. The summed E-state index contributed by atoms with van der Waals surface area (Å²) in [6, 6.07) is 17.2. The Labute approximate surface area is 187 Å². The maximum absolute atomic E-state index is 12.8. The molecule has 0 aliphatic heterocycles. The maximum Gasteiger partial charge on any atom is 0.387 e. The van der Waals surface area contributed by atoms with E-state index in [1.54, 1.807) is 42.5 Å². The van der Waals surface area contributed by atoms with Crippen LogP contribution in [0.15, 0.2) is 66.7 Å². The molecule has 0 heterocycles.